The highest BCUT2D eigenvalue weighted by Gasteiger charge is 2.62. The van der Waals surface area contributed by atoms with Gasteiger partial charge in [-0.3, -0.25) is 9.78 Å². The molecular weight excluding hydrogens is 562 g/mol. The molecule has 3 aliphatic rings. The van der Waals surface area contributed by atoms with Crippen LogP contribution in [0.1, 0.15) is 35.4 Å². The number of aliphatic hydroxyl groups is 1. The van der Waals surface area contributed by atoms with Crippen LogP contribution in [0.5, 0.6) is 0 Å². The molecule has 2 atom stereocenters. The molecule has 0 aliphatic heterocycles. The first-order valence-electron chi connectivity index (χ1n) is 12.6. The minimum Gasteiger partial charge on any atom is -0.381 e. The van der Waals surface area contributed by atoms with Crippen molar-refractivity contribution in [3.8, 4) is 5.69 Å². The van der Waals surface area contributed by atoms with Gasteiger partial charge in [0.2, 0.25) is 0 Å². The normalized spacial score (nSPS) is 23.9. The van der Waals surface area contributed by atoms with Crippen LogP contribution in [0.2, 0.25) is 5.02 Å². The number of amides is 1. The summed E-state index contributed by atoms with van der Waals surface area (Å²) in [4.78, 5) is 21.1. The minimum atomic E-state index is -3.99. The molecule has 7 rings (SSSR count). The molecule has 2 bridgehead atoms. The van der Waals surface area contributed by atoms with Gasteiger partial charge in [-0.2, -0.15) is 0 Å². The third-order valence-electron chi connectivity index (χ3n) is 7.96. The number of nitrogens with one attached hydrogen (secondary N) is 1. The highest BCUT2D eigenvalue weighted by atomic mass is 35.5. The molecule has 12 heteroatoms. The van der Waals surface area contributed by atoms with E-state index in [4.69, 9.17) is 11.6 Å². The number of nitrogens with zero attached hydrogens (tertiary/aromatic N) is 3. The number of carbonyl (C=O) groups excluding carboxylic acids is 1. The van der Waals surface area contributed by atoms with Crippen LogP contribution < -0.4 is 5.32 Å². The molecule has 3 aliphatic carbocycles. The summed E-state index contributed by atoms with van der Waals surface area (Å²) < 4.78 is 56.1. The molecule has 0 spiro atoms. The van der Waals surface area contributed by atoms with Gasteiger partial charge in [0.05, 0.1) is 15.2 Å². The first-order chi connectivity index (χ1) is 19.1. The van der Waals surface area contributed by atoms with Crippen LogP contribution in [-0.2, 0) is 15.4 Å². The molecule has 206 valence electrons. The number of hydrogen-bond donors (Lipinski definition) is 2. The van der Waals surface area contributed by atoms with Crippen molar-refractivity contribution in [3.05, 3.63) is 101 Å². The number of sulfone groups is 1. The predicted octanol–water partition coefficient (Wildman–Crippen LogP) is 4.91. The molecule has 1 amide bonds. The monoisotopic (exact) mass is 584 g/mol. The largest absolute Gasteiger partial charge is 0.381 e. The number of carbonyl (C=O) groups is 1. The SMILES string of the molecule is O=C(Nc1ccc(F)c(F)c1)c1ccc(Cl)c(S(=O)(=O)C2CC3CC(C2)C3(O)c2nccn2-c2ccncc2)c1. The molecule has 0 radical (unpaired) electrons. The molecule has 2 unspecified atom stereocenters. The van der Waals surface area contributed by atoms with Gasteiger partial charge in [0.15, 0.2) is 21.5 Å². The van der Waals surface area contributed by atoms with Gasteiger partial charge in [0, 0.05) is 47.8 Å². The minimum absolute atomic E-state index is 0.00967. The summed E-state index contributed by atoms with van der Waals surface area (Å²) >= 11 is 6.31. The molecule has 3 fully saturated rings. The number of anilines is 1. The van der Waals surface area contributed by atoms with Crippen LogP contribution in [-0.4, -0.2) is 39.2 Å². The molecule has 2 heterocycles. The van der Waals surface area contributed by atoms with Gasteiger partial charge in [-0.15, -0.1) is 0 Å². The number of pyridine rings is 1. The molecule has 8 nitrogen and oxygen atoms in total. The quantitative estimate of drug-likeness (QED) is 0.333. The first kappa shape index (κ1) is 26.5. The second-order valence-electron chi connectivity index (χ2n) is 10.1. The Hall–Kier alpha value is -3.67. The van der Waals surface area contributed by atoms with Crippen molar-refractivity contribution in [2.24, 2.45) is 11.8 Å². The van der Waals surface area contributed by atoms with Crippen LogP contribution in [0.4, 0.5) is 14.5 Å². The number of halogens is 3. The average Bonchev–Trinajstić information content (AvgIpc) is 3.45. The van der Waals surface area contributed by atoms with Gasteiger partial charge in [-0.1, -0.05) is 11.6 Å². The summed E-state index contributed by atoms with van der Waals surface area (Å²) in [6.07, 6.45) is 7.69. The highest BCUT2D eigenvalue weighted by Crippen LogP contribution is 2.60. The number of aromatic nitrogens is 3. The lowest BCUT2D eigenvalue weighted by Crippen LogP contribution is -2.60. The van der Waals surface area contributed by atoms with Gasteiger partial charge in [-0.25, -0.2) is 22.2 Å². The van der Waals surface area contributed by atoms with E-state index in [9.17, 15) is 27.1 Å². The van der Waals surface area contributed by atoms with E-state index >= 15 is 0 Å². The van der Waals surface area contributed by atoms with Crippen molar-refractivity contribution in [2.45, 2.75) is 35.0 Å². The third kappa shape index (κ3) is 4.29. The van der Waals surface area contributed by atoms with Gasteiger partial charge in [0.1, 0.15) is 11.4 Å². The van der Waals surface area contributed by atoms with Crippen LogP contribution in [0, 0.1) is 23.5 Å². The summed E-state index contributed by atoms with van der Waals surface area (Å²) in [6.45, 7) is 0. The fourth-order valence-corrected chi connectivity index (χ4v) is 8.31. The standard InChI is InChI=1S/C28H23ClF2N4O4S/c29-22-3-1-16(26(36)34-19-2-4-23(30)24(31)15-19)11-25(22)40(38,39)21-13-17-12-18(14-21)28(17,37)27-33-9-10-35(27)20-5-7-32-8-6-20/h1-11,15,17-18,21,37H,12-14H2,(H,34,36). The summed E-state index contributed by atoms with van der Waals surface area (Å²) in [5.41, 5.74) is -0.491. The van der Waals surface area contributed by atoms with E-state index in [1.165, 1.54) is 24.3 Å². The fraction of sp³-hybridized carbons (Fsp3) is 0.250. The van der Waals surface area contributed by atoms with Crippen molar-refractivity contribution in [1.82, 2.24) is 14.5 Å². The zero-order valence-corrected chi connectivity index (χ0v) is 22.4. The Morgan fingerprint density at radius 1 is 1.00 bits per heavy atom. The number of imidazole rings is 1. The lowest BCUT2D eigenvalue weighted by atomic mass is 9.53. The Bertz CT molecular complexity index is 1720. The highest BCUT2D eigenvalue weighted by molar-refractivity contribution is 7.92. The summed E-state index contributed by atoms with van der Waals surface area (Å²) in [5.74, 6) is -3.11. The smallest absolute Gasteiger partial charge is 0.255 e. The Morgan fingerprint density at radius 2 is 1.73 bits per heavy atom. The average molecular weight is 585 g/mol. The molecule has 2 N–H and O–H groups in total. The molecule has 2 aromatic carbocycles. The number of rotatable bonds is 6. The maximum atomic E-state index is 13.8. The van der Waals surface area contributed by atoms with Gasteiger partial charge in [-0.05, 0) is 73.6 Å². The maximum absolute atomic E-state index is 13.8. The maximum Gasteiger partial charge on any atom is 0.255 e. The molecule has 4 aromatic rings. The van der Waals surface area contributed by atoms with E-state index in [0.29, 0.717) is 12.2 Å². The van der Waals surface area contributed by atoms with Crippen LogP contribution in [0.25, 0.3) is 5.69 Å². The van der Waals surface area contributed by atoms with Crippen LogP contribution in [0.3, 0.4) is 0 Å². The summed E-state index contributed by atoms with van der Waals surface area (Å²) in [5, 5.41) is 13.4. The van der Waals surface area contributed by atoms with E-state index in [1.54, 1.807) is 41.5 Å². The Morgan fingerprint density at radius 3 is 2.42 bits per heavy atom. The Labute approximate surface area is 233 Å². The molecule has 40 heavy (non-hydrogen) atoms. The number of hydrogen-bond acceptors (Lipinski definition) is 6. The molecule has 0 saturated heterocycles. The van der Waals surface area contributed by atoms with Crippen molar-refractivity contribution in [2.75, 3.05) is 5.32 Å². The van der Waals surface area contributed by atoms with E-state index in [-0.39, 0.29) is 45.8 Å². The van der Waals surface area contributed by atoms with E-state index in [1.807, 2.05) is 0 Å². The van der Waals surface area contributed by atoms with Crippen LogP contribution >= 0.6 is 11.6 Å². The van der Waals surface area contributed by atoms with Crippen molar-refractivity contribution in [3.63, 3.8) is 0 Å². The molecule has 2 aromatic heterocycles. The zero-order chi connectivity index (χ0) is 28.2. The third-order valence-corrected chi connectivity index (χ3v) is 10.6. The summed E-state index contributed by atoms with van der Waals surface area (Å²) in [6, 6.07) is 10.4. The van der Waals surface area contributed by atoms with Crippen LogP contribution in [0.15, 0.2) is 78.2 Å². The zero-order valence-electron chi connectivity index (χ0n) is 20.8. The Balaban J connectivity index is 1.24. The second kappa shape index (κ2) is 9.76. The predicted molar refractivity (Wildman–Crippen MR) is 143 cm³/mol. The van der Waals surface area contributed by atoms with Gasteiger partial charge in [0.25, 0.3) is 5.91 Å². The number of fused-ring (bicyclic) bond motifs is 2. The topological polar surface area (TPSA) is 114 Å². The van der Waals surface area contributed by atoms with Crippen molar-refractivity contribution in [1.29, 1.82) is 0 Å². The van der Waals surface area contributed by atoms with Gasteiger partial charge < -0.3 is 15.0 Å². The van der Waals surface area contributed by atoms with E-state index in [0.717, 1.165) is 17.8 Å². The second-order valence-corrected chi connectivity index (χ2v) is 12.8. The summed E-state index contributed by atoms with van der Waals surface area (Å²) in [7, 11) is -3.99. The first-order valence-corrected chi connectivity index (χ1v) is 14.5. The van der Waals surface area contributed by atoms with E-state index < -0.39 is 38.2 Å². The molecular formula is C28H23ClF2N4O4S. The molecule has 3 saturated carbocycles. The van der Waals surface area contributed by atoms with Crippen molar-refractivity contribution >= 4 is 33.0 Å². The number of benzene rings is 2. The fourth-order valence-electron chi connectivity index (χ4n) is 5.91. The van der Waals surface area contributed by atoms with Gasteiger partial charge >= 0.3 is 0 Å². The van der Waals surface area contributed by atoms with Crippen molar-refractivity contribution < 1.29 is 27.1 Å². The van der Waals surface area contributed by atoms with E-state index in [2.05, 4.69) is 15.3 Å². The lowest BCUT2D eigenvalue weighted by molar-refractivity contribution is -0.190. The Kier molecular flexibility index (Phi) is 6.47. The lowest BCUT2D eigenvalue weighted by Gasteiger charge is -2.57.